The van der Waals surface area contributed by atoms with Crippen LogP contribution in [0.5, 0.6) is 0 Å². The van der Waals surface area contributed by atoms with Gasteiger partial charge in [0, 0.05) is 31.2 Å². The predicted octanol–water partition coefficient (Wildman–Crippen LogP) is 3.32. The molecule has 1 N–H and O–H groups in total. The molecule has 2 fully saturated rings. The second kappa shape index (κ2) is 5.38. The van der Waals surface area contributed by atoms with Crippen molar-refractivity contribution in [2.24, 2.45) is 5.92 Å². The van der Waals surface area contributed by atoms with Crippen LogP contribution in [0, 0.1) is 5.92 Å². The first-order valence-electron chi connectivity index (χ1n) is 7.75. The molecule has 0 aromatic heterocycles. The molecule has 1 aromatic carbocycles. The Hall–Kier alpha value is -1.06. The second-order valence-electron chi connectivity index (χ2n) is 6.70. The summed E-state index contributed by atoms with van der Waals surface area (Å²) in [6.45, 7) is 3.27. The second-order valence-corrected chi connectivity index (χ2v) is 6.70. The van der Waals surface area contributed by atoms with Crippen LogP contribution in [0.4, 0.5) is 5.69 Å². The van der Waals surface area contributed by atoms with Crippen LogP contribution in [-0.2, 0) is 4.74 Å². The Morgan fingerprint density at radius 2 is 1.95 bits per heavy atom. The van der Waals surface area contributed by atoms with Crippen molar-refractivity contribution in [3.63, 3.8) is 0 Å². The van der Waals surface area contributed by atoms with E-state index < -0.39 is 0 Å². The van der Waals surface area contributed by atoms with Gasteiger partial charge in [0.05, 0.1) is 6.61 Å². The monoisotopic (exact) mass is 274 g/mol. The van der Waals surface area contributed by atoms with Crippen molar-refractivity contribution in [1.82, 2.24) is 5.32 Å². The smallest absolute Gasteiger partial charge is 0.134 e. The van der Waals surface area contributed by atoms with E-state index in [0.717, 1.165) is 6.61 Å². The number of hydrogen-bond acceptors (Lipinski definition) is 3. The Bertz CT molecular complexity index is 457. The van der Waals surface area contributed by atoms with Gasteiger partial charge in [-0.15, -0.1) is 0 Å². The Balaban J connectivity index is 1.74. The number of nitrogens with one attached hydrogen (secondary N) is 1. The number of benzene rings is 1. The van der Waals surface area contributed by atoms with Crippen LogP contribution in [0.25, 0.3) is 0 Å². The van der Waals surface area contributed by atoms with E-state index >= 15 is 0 Å². The zero-order valence-electron chi connectivity index (χ0n) is 12.9. The van der Waals surface area contributed by atoms with Crippen LogP contribution in [-0.4, -0.2) is 26.2 Å². The maximum Gasteiger partial charge on any atom is 0.134 e. The Morgan fingerprint density at radius 3 is 2.65 bits per heavy atom. The normalized spacial score (nSPS) is 33.5. The number of ether oxygens (including phenoxy) is 1. The van der Waals surface area contributed by atoms with E-state index in [0.29, 0.717) is 5.92 Å². The fourth-order valence-electron chi connectivity index (χ4n) is 3.54. The summed E-state index contributed by atoms with van der Waals surface area (Å²) in [6, 6.07) is 8.68. The number of rotatable bonds is 2. The number of fused-ring (bicyclic) bond motifs is 1. The van der Waals surface area contributed by atoms with Crippen molar-refractivity contribution >= 4 is 5.69 Å². The van der Waals surface area contributed by atoms with Gasteiger partial charge in [0.2, 0.25) is 0 Å². The predicted molar refractivity (Wildman–Crippen MR) is 83.0 cm³/mol. The Labute approximate surface area is 122 Å². The summed E-state index contributed by atoms with van der Waals surface area (Å²) in [6.07, 6.45) is 5.31. The minimum absolute atomic E-state index is 0.0468. The third kappa shape index (κ3) is 2.57. The van der Waals surface area contributed by atoms with Crippen molar-refractivity contribution in [2.75, 3.05) is 25.6 Å². The molecule has 1 saturated carbocycles. The van der Waals surface area contributed by atoms with Crippen molar-refractivity contribution in [3.05, 3.63) is 29.8 Å². The molecule has 20 heavy (non-hydrogen) atoms. The first-order chi connectivity index (χ1) is 9.58. The minimum atomic E-state index is 0.0468. The van der Waals surface area contributed by atoms with E-state index in [2.05, 4.69) is 55.5 Å². The standard InChI is InChI=1S/C17H26N2O/c1-17-11-5-4-6-14(17)12-20-16(18-17)13-7-9-15(10-8-13)19(2)3/h7-10,14,16,18H,4-6,11-12H2,1-3H3/t14-,16+,17-/m0/s1. The molecule has 2 aliphatic rings. The van der Waals surface area contributed by atoms with E-state index in [1.54, 1.807) is 0 Å². The van der Waals surface area contributed by atoms with Crippen LogP contribution in [0.1, 0.15) is 44.4 Å². The largest absolute Gasteiger partial charge is 0.378 e. The fourth-order valence-corrected chi connectivity index (χ4v) is 3.54. The summed E-state index contributed by atoms with van der Waals surface area (Å²) < 4.78 is 6.07. The highest BCUT2D eigenvalue weighted by Gasteiger charge is 2.42. The van der Waals surface area contributed by atoms with Crippen LogP contribution < -0.4 is 10.2 Å². The van der Waals surface area contributed by atoms with Gasteiger partial charge in [-0.1, -0.05) is 25.0 Å². The molecule has 0 radical (unpaired) electrons. The van der Waals surface area contributed by atoms with E-state index in [1.165, 1.54) is 36.9 Å². The molecule has 3 nitrogen and oxygen atoms in total. The van der Waals surface area contributed by atoms with Gasteiger partial charge < -0.3 is 9.64 Å². The summed E-state index contributed by atoms with van der Waals surface area (Å²) in [5.74, 6) is 0.675. The maximum atomic E-state index is 6.07. The molecule has 110 valence electrons. The molecule has 3 heteroatoms. The van der Waals surface area contributed by atoms with Gasteiger partial charge >= 0.3 is 0 Å². The maximum absolute atomic E-state index is 6.07. The molecule has 0 unspecified atom stereocenters. The fraction of sp³-hybridized carbons (Fsp3) is 0.647. The van der Waals surface area contributed by atoms with Crippen molar-refractivity contribution in [1.29, 1.82) is 0 Å². The van der Waals surface area contributed by atoms with E-state index in [4.69, 9.17) is 4.74 Å². The van der Waals surface area contributed by atoms with E-state index in [-0.39, 0.29) is 11.8 Å². The quantitative estimate of drug-likeness (QED) is 0.895. The lowest BCUT2D eigenvalue weighted by Crippen LogP contribution is -2.57. The van der Waals surface area contributed by atoms with Gasteiger partial charge in [-0.3, -0.25) is 5.32 Å². The van der Waals surface area contributed by atoms with Gasteiger partial charge in [-0.05, 0) is 37.5 Å². The molecular weight excluding hydrogens is 248 g/mol. The summed E-state index contributed by atoms with van der Waals surface area (Å²) in [4.78, 5) is 2.12. The van der Waals surface area contributed by atoms with Crippen molar-refractivity contribution < 1.29 is 4.74 Å². The lowest BCUT2D eigenvalue weighted by Gasteiger charge is -2.48. The number of anilines is 1. The van der Waals surface area contributed by atoms with Gasteiger partial charge in [0.25, 0.3) is 0 Å². The molecule has 0 amide bonds. The highest BCUT2D eigenvalue weighted by atomic mass is 16.5. The van der Waals surface area contributed by atoms with Gasteiger partial charge in [-0.2, -0.15) is 0 Å². The zero-order chi connectivity index (χ0) is 14.2. The first kappa shape index (κ1) is 13.9. The third-order valence-corrected chi connectivity index (χ3v) is 5.04. The van der Waals surface area contributed by atoms with Crippen LogP contribution in [0.15, 0.2) is 24.3 Å². The molecule has 1 aromatic rings. The summed E-state index contributed by atoms with van der Waals surface area (Å²) in [5.41, 5.74) is 2.72. The SMILES string of the molecule is CN(C)c1ccc([C@@H]2N[C@@]3(C)CCCC[C@H]3CO2)cc1. The first-order valence-corrected chi connectivity index (χ1v) is 7.75. The van der Waals surface area contributed by atoms with Crippen LogP contribution in [0.3, 0.4) is 0 Å². The average Bonchev–Trinajstić information content (AvgIpc) is 2.46. The van der Waals surface area contributed by atoms with Gasteiger partial charge in [0.1, 0.15) is 6.23 Å². The molecule has 1 aliphatic carbocycles. The highest BCUT2D eigenvalue weighted by molar-refractivity contribution is 5.46. The van der Waals surface area contributed by atoms with Crippen LogP contribution in [0.2, 0.25) is 0 Å². The third-order valence-electron chi connectivity index (χ3n) is 5.04. The average molecular weight is 274 g/mol. The van der Waals surface area contributed by atoms with E-state index in [1.807, 2.05) is 0 Å². The summed E-state index contributed by atoms with van der Waals surface area (Å²) in [5, 5.41) is 3.76. The Kier molecular flexibility index (Phi) is 3.74. The van der Waals surface area contributed by atoms with Crippen molar-refractivity contribution in [3.8, 4) is 0 Å². The van der Waals surface area contributed by atoms with Crippen LogP contribution >= 0.6 is 0 Å². The van der Waals surface area contributed by atoms with E-state index in [9.17, 15) is 0 Å². The van der Waals surface area contributed by atoms with Crippen molar-refractivity contribution in [2.45, 2.75) is 44.4 Å². The number of nitrogens with zero attached hydrogens (tertiary/aromatic N) is 1. The molecular formula is C17H26N2O. The Morgan fingerprint density at radius 1 is 1.20 bits per heavy atom. The topological polar surface area (TPSA) is 24.5 Å². The molecule has 0 spiro atoms. The lowest BCUT2D eigenvalue weighted by atomic mass is 9.73. The summed E-state index contributed by atoms with van der Waals surface area (Å²) >= 11 is 0. The molecule has 1 aliphatic heterocycles. The summed E-state index contributed by atoms with van der Waals surface area (Å²) in [7, 11) is 4.13. The molecule has 3 rings (SSSR count). The molecule has 3 atom stereocenters. The zero-order valence-corrected chi connectivity index (χ0v) is 12.9. The molecule has 1 saturated heterocycles. The lowest BCUT2D eigenvalue weighted by molar-refractivity contribution is -0.0967. The molecule has 1 heterocycles. The minimum Gasteiger partial charge on any atom is -0.378 e. The van der Waals surface area contributed by atoms with Gasteiger partial charge in [0.15, 0.2) is 0 Å². The van der Waals surface area contributed by atoms with Gasteiger partial charge in [-0.25, -0.2) is 0 Å². The highest BCUT2D eigenvalue weighted by Crippen LogP contribution is 2.39. The number of hydrogen-bond donors (Lipinski definition) is 1. The molecule has 0 bridgehead atoms.